The van der Waals surface area contributed by atoms with Crippen LogP contribution in [0.1, 0.15) is 19.4 Å². The summed E-state index contributed by atoms with van der Waals surface area (Å²) in [7, 11) is 0. The zero-order valence-electron chi connectivity index (χ0n) is 11.1. The Hall–Kier alpha value is -1.46. The molecular formula is C14H15N3S2. The monoisotopic (exact) mass is 289 g/mol. The topological polar surface area (TPSA) is 37.8 Å². The van der Waals surface area contributed by atoms with E-state index in [-0.39, 0.29) is 0 Å². The molecule has 0 unspecified atom stereocenters. The van der Waals surface area contributed by atoms with E-state index in [1.165, 1.54) is 26.4 Å². The Kier molecular flexibility index (Phi) is 3.24. The van der Waals surface area contributed by atoms with Crippen molar-refractivity contribution in [3.8, 4) is 9.75 Å². The molecule has 3 heterocycles. The molecule has 3 aromatic heterocycles. The zero-order chi connectivity index (χ0) is 13.4. The summed E-state index contributed by atoms with van der Waals surface area (Å²) in [4.78, 5) is 12.2. The summed E-state index contributed by atoms with van der Waals surface area (Å²) in [6.45, 7) is 6.41. The van der Waals surface area contributed by atoms with Gasteiger partial charge in [-0.15, -0.1) is 22.7 Å². The van der Waals surface area contributed by atoms with Gasteiger partial charge < -0.3 is 5.32 Å². The second kappa shape index (κ2) is 4.90. The minimum absolute atomic E-state index is 0.413. The maximum absolute atomic E-state index is 4.54. The molecule has 0 aliphatic heterocycles. The Morgan fingerprint density at radius 3 is 2.74 bits per heavy atom. The molecule has 5 heteroatoms. The molecule has 0 amide bonds. The highest BCUT2D eigenvalue weighted by molar-refractivity contribution is 7.25. The van der Waals surface area contributed by atoms with Crippen molar-refractivity contribution in [3.63, 3.8) is 0 Å². The smallest absolute Gasteiger partial charge is 0.125 e. The summed E-state index contributed by atoms with van der Waals surface area (Å²) in [5.74, 6) is 0. The molecule has 0 aliphatic carbocycles. The van der Waals surface area contributed by atoms with Crippen LogP contribution in [0.4, 0.5) is 5.69 Å². The molecule has 0 spiro atoms. The minimum atomic E-state index is 0.413. The first-order valence-corrected chi connectivity index (χ1v) is 7.89. The third kappa shape index (κ3) is 2.35. The lowest BCUT2D eigenvalue weighted by Gasteiger charge is -2.13. The first kappa shape index (κ1) is 12.6. The quantitative estimate of drug-likeness (QED) is 0.768. The molecule has 3 aromatic rings. The van der Waals surface area contributed by atoms with E-state index in [2.05, 4.69) is 42.1 Å². The van der Waals surface area contributed by atoms with E-state index in [9.17, 15) is 0 Å². The number of fused-ring (bicyclic) bond motifs is 1. The second-order valence-corrected chi connectivity index (χ2v) is 6.73. The number of rotatable bonds is 3. The SMILES string of the molecule is Cc1cnc2sc(-c3cncs3)cc2c1NC(C)C. The van der Waals surface area contributed by atoms with Crippen LogP contribution in [0.25, 0.3) is 20.0 Å². The molecule has 98 valence electrons. The lowest BCUT2D eigenvalue weighted by Crippen LogP contribution is -2.11. The Morgan fingerprint density at radius 2 is 2.05 bits per heavy atom. The van der Waals surface area contributed by atoms with Crippen molar-refractivity contribution in [3.05, 3.63) is 29.5 Å². The predicted octanol–water partition coefficient (Wildman–Crippen LogP) is 4.55. The van der Waals surface area contributed by atoms with Crippen LogP contribution in [0.2, 0.25) is 0 Å². The van der Waals surface area contributed by atoms with Crippen molar-refractivity contribution >= 4 is 38.6 Å². The van der Waals surface area contributed by atoms with Gasteiger partial charge in [-0.1, -0.05) is 0 Å². The van der Waals surface area contributed by atoms with Crippen molar-refractivity contribution in [2.45, 2.75) is 26.8 Å². The van der Waals surface area contributed by atoms with Crippen LogP contribution in [0.3, 0.4) is 0 Å². The van der Waals surface area contributed by atoms with Gasteiger partial charge in [0.15, 0.2) is 0 Å². The van der Waals surface area contributed by atoms with E-state index in [0.717, 1.165) is 4.83 Å². The number of pyridine rings is 1. The molecule has 0 fully saturated rings. The Balaban J connectivity index is 2.17. The largest absolute Gasteiger partial charge is 0.382 e. The summed E-state index contributed by atoms with van der Waals surface area (Å²) in [6.07, 6.45) is 3.86. The zero-order valence-corrected chi connectivity index (χ0v) is 12.7. The number of hydrogen-bond donors (Lipinski definition) is 1. The molecule has 0 radical (unpaired) electrons. The molecular weight excluding hydrogens is 274 g/mol. The van der Waals surface area contributed by atoms with E-state index in [0.29, 0.717) is 6.04 Å². The van der Waals surface area contributed by atoms with E-state index >= 15 is 0 Å². The van der Waals surface area contributed by atoms with Gasteiger partial charge in [0.25, 0.3) is 0 Å². The minimum Gasteiger partial charge on any atom is -0.382 e. The highest BCUT2D eigenvalue weighted by Crippen LogP contribution is 2.38. The first-order valence-electron chi connectivity index (χ1n) is 6.19. The third-order valence-electron chi connectivity index (χ3n) is 2.86. The Bertz CT molecular complexity index is 699. The molecule has 3 nitrogen and oxygen atoms in total. The average Bonchev–Trinajstić information content (AvgIpc) is 3.00. The van der Waals surface area contributed by atoms with E-state index < -0.39 is 0 Å². The molecule has 1 N–H and O–H groups in total. The van der Waals surface area contributed by atoms with Crippen LogP contribution >= 0.6 is 22.7 Å². The van der Waals surface area contributed by atoms with E-state index in [4.69, 9.17) is 0 Å². The summed E-state index contributed by atoms with van der Waals surface area (Å²) in [6, 6.07) is 2.63. The molecule has 0 bridgehead atoms. The molecule has 3 rings (SSSR count). The third-order valence-corrected chi connectivity index (χ3v) is 4.87. The molecule has 0 aromatic carbocycles. The van der Waals surface area contributed by atoms with Gasteiger partial charge in [0, 0.05) is 34.4 Å². The summed E-state index contributed by atoms with van der Waals surface area (Å²) < 4.78 is 0. The summed E-state index contributed by atoms with van der Waals surface area (Å²) in [5, 5.41) is 4.74. The van der Waals surface area contributed by atoms with Gasteiger partial charge in [-0.3, -0.25) is 4.98 Å². The normalized spacial score (nSPS) is 11.4. The van der Waals surface area contributed by atoms with Crippen molar-refractivity contribution in [2.75, 3.05) is 5.32 Å². The predicted molar refractivity (Wildman–Crippen MR) is 84.2 cm³/mol. The van der Waals surface area contributed by atoms with Crippen molar-refractivity contribution in [1.29, 1.82) is 0 Å². The number of anilines is 1. The number of thiazole rings is 1. The van der Waals surface area contributed by atoms with Crippen molar-refractivity contribution < 1.29 is 0 Å². The van der Waals surface area contributed by atoms with Gasteiger partial charge in [-0.05, 0) is 32.4 Å². The van der Waals surface area contributed by atoms with Crippen molar-refractivity contribution in [2.24, 2.45) is 0 Å². The van der Waals surface area contributed by atoms with Crippen LogP contribution in [0, 0.1) is 6.92 Å². The van der Waals surface area contributed by atoms with Gasteiger partial charge in [-0.2, -0.15) is 0 Å². The van der Waals surface area contributed by atoms with Crippen LogP contribution in [-0.4, -0.2) is 16.0 Å². The fraction of sp³-hybridized carbons (Fsp3) is 0.286. The number of aromatic nitrogens is 2. The average molecular weight is 289 g/mol. The molecule has 0 saturated carbocycles. The van der Waals surface area contributed by atoms with Crippen molar-refractivity contribution in [1.82, 2.24) is 9.97 Å². The number of nitrogens with zero attached hydrogens (tertiary/aromatic N) is 2. The fourth-order valence-electron chi connectivity index (χ4n) is 2.03. The van der Waals surface area contributed by atoms with Gasteiger partial charge in [0.2, 0.25) is 0 Å². The van der Waals surface area contributed by atoms with Gasteiger partial charge in [0.05, 0.1) is 10.4 Å². The highest BCUT2D eigenvalue weighted by Gasteiger charge is 2.12. The number of aryl methyl sites for hydroxylation is 1. The number of thiophene rings is 1. The van der Waals surface area contributed by atoms with E-state index in [1.54, 1.807) is 22.7 Å². The number of nitrogens with one attached hydrogen (secondary N) is 1. The Morgan fingerprint density at radius 1 is 1.21 bits per heavy atom. The van der Waals surface area contributed by atoms with Crippen LogP contribution < -0.4 is 5.32 Å². The van der Waals surface area contributed by atoms with E-state index in [1.807, 2.05) is 17.9 Å². The lowest BCUT2D eigenvalue weighted by molar-refractivity contribution is 0.899. The molecule has 0 aliphatic rings. The summed E-state index contributed by atoms with van der Waals surface area (Å²) in [5.41, 5.74) is 4.26. The van der Waals surface area contributed by atoms with Gasteiger partial charge >= 0.3 is 0 Å². The molecule has 0 atom stereocenters. The molecule has 19 heavy (non-hydrogen) atoms. The highest BCUT2D eigenvalue weighted by atomic mass is 32.1. The maximum Gasteiger partial charge on any atom is 0.125 e. The fourth-order valence-corrected chi connectivity index (χ4v) is 3.74. The number of hydrogen-bond acceptors (Lipinski definition) is 5. The standard InChI is InChI=1S/C14H15N3S2/c1-8(2)17-13-9(3)5-16-14-10(13)4-11(19-14)12-6-15-7-18-12/h4-8H,1-3H3,(H,16,17). The lowest BCUT2D eigenvalue weighted by atomic mass is 10.1. The summed E-state index contributed by atoms with van der Waals surface area (Å²) >= 11 is 3.39. The maximum atomic E-state index is 4.54. The first-order chi connectivity index (χ1) is 9.15. The van der Waals surface area contributed by atoms with Gasteiger partial charge in [0.1, 0.15) is 4.83 Å². The van der Waals surface area contributed by atoms with Crippen LogP contribution in [0.15, 0.2) is 24.0 Å². The van der Waals surface area contributed by atoms with Crippen LogP contribution in [-0.2, 0) is 0 Å². The second-order valence-electron chi connectivity index (χ2n) is 4.81. The van der Waals surface area contributed by atoms with Crippen LogP contribution in [0.5, 0.6) is 0 Å². The Labute approximate surface area is 120 Å². The van der Waals surface area contributed by atoms with Gasteiger partial charge in [-0.25, -0.2) is 4.98 Å². The molecule has 0 saturated heterocycles.